The average Bonchev–Trinajstić information content (AvgIpc) is 3.42. The van der Waals surface area contributed by atoms with Gasteiger partial charge in [0, 0.05) is 10.9 Å². The fourth-order valence-electron chi connectivity index (χ4n) is 5.01. The lowest BCUT2D eigenvalue weighted by Gasteiger charge is -2.22. The van der Waals surface area contributed by atoms with E-state index in [-0.39, 0.29) is 0 Å². The number of hydrogen-bond donors (Lipinski definition) is 0. The van der Waals surface area contributed by atoms with Gasteiger partial charge in [-0.05, 0) is 29.0 Å². The number of fused-ring (bicyclic) bond motifs is 5. The van der Waals surface area contributed by atoms with E-state index in [1.165, 1.54) is 16.8 Å². The molecule has 0 aliphatic carbocycles. The molecule has 3 aromatic carbocycles. The van der Waals surface area contributed by atoms with Crippen molar-refractivity contribution in [2.24, 2.45) is 0 Å². The molecule has 0 N–H and O–H groups in total. The van der Waals surface area contributed by atoms with Gasteiger partial charge in [0.2, 0.25) is 5.71 Å². The molecule has 3 heterocycles. The van der Waals surface area contributed by atoms with Crippen LogP contribution in [-0.4, -0.2) is 14.5 Å². The van der Waals surface area contributed by atoms with Crippen LogP contribution >= 0.6 is 0 Å². The largest absolute Gasteiger partial charge is 0.438 e. The molecule has 0 amide bonds. The van der Waals surface area contributed by atoms with E-state index < -0.39 is 0 Å². The number of aromatic nitrogens is 3. The third-order valence-electron chi connectivity index (χ3n) is 6.62. The van der Waals surface area contributed by atoms with E-state index in [1.807, 2.05) is 24.4 Å². The Morgan fingerprint density at radius 1 is 0.765 bits per heavy atom. The van der Waals surface area contributed by atoms with Gasteiger partial charge in [-0.1, -0.05) is 94.4 Å². The highest BCUT2D eigenvalue weighted by atomic mass is 16.3. The van der Waals surface area contributed by atoms with E-state index in [0.29, 0.717) is 17.5 Å². The third-order valence-corrected chi connectivity index (χ3v) is 6.62. The van der Waals surface area contributed by atoms with Gasteiger partial charge in [-0.15, -0.1) is 0 Å². The van der Waals surface area contributed by atoms with Gasteiger partial charge in [0.25, 0.3) is 0 Å². The molecule has 0 radical (unpaired) electrons. The molecule has 4 heteroatoms. The predicted molar refractivity (Wildman–Crippen MR) is 140 cm³/mol. The number of nitrogens with zero attached hydrogens (tertiary/aromatic N) is 3. The number of benzene rings is 3. The lowest BCUT2D eigenvalue weighted by molar-refractivity contribution is 0.654. The Hall–Kier alpha value is -3.92. The molecule has 0 aliphatic rings. The number of hydrogen-bond acceptors (Lipinski definition) is 3. The van der Waals surface area contributed by atoms with Crippen molar-refractivity contribution < 1.29 is 4.42 Å². The molecule has 3 aromatic heterocycles. The highest BCUT2D eigenvalue weighted by molar-refractivity contribution is 6.16. The summed E-state index contributed by atoms with van der Waals surface area (Å²) >= 11 is 0. The second kappa shape index (κ2) is 7.84. The maximum Gasteiger partial charge on any atom is 0.229 e. The summed E-state index contributed by atoms with van der Waals surface area (Å²) in [6, 6.07) is 25.3. The Bertz CT molecular complexity index is 1630. The Kier molecular flexibility index (Phi) is 4.77. The molecule has 6 rings (SSSR count). The summed E-state index contributed by atoms with van der Waals surface area (Å²) in [6.07, 6.45) is 1.84. The van der Waals surface area contributed by atoms with Gasteiger partial charge >= 0.3 is 0 Å². The van der Waals surface area contributed by atoms with Crippen LogP contribution in [0.3, 0.4) is 0 Å². The van der Waals surface area contributed by atoms with Crippen molar-refractivity contribution in [3.63, 3.8) is 0 Å². The topological polar surface area (TPSA) is 43.9 Å². The number of rotatable bonds is 4. The third kappa shape index (κ3) is 3.06. The monoisotopic (exact) mass is 445 g/mol. The molecule has 0 fully saturated rings. The molecule has 6 aromatic rings. The summed E-state index contributed by atoms with van der Waals surface area (Å²) in [4.78, 5) is 9.82. The summed E-state index contributed by atoms with van der Waals surface area (Å²) in [6.45, 7) is 9.03. The summed E-state index contributed by atoms with van der Waals surface area (Å²) < 4.78 is 8.53. The number of para-hydroxylation sites is 2. The Labute approximate surface area is 198 Å². The lowest BCUT2D eigenvalue weighted by Crippen LogP contribution is -2.08. The summed E-state index contributed by atoms with van der Waals surface area (Å²) in [5.74, 6) is 1.63. The first-order chi connectivity index (χ1) is 16.5. The molecule has 0 atom stereocenters. The molecule has 168 valence electrons. The fourth-order valence-corrected chi connectivity index (χ4v) is 5.01. The van der Waals surface area contributed by atoms with Gasteiger partial charge in [-0.25, -0.2) is 9.97 Å². The van der Waals surface area contributed by atoms with E-state index in [9.17, 15) is 0 Å². The molecular weight excluding hydrogens is 418 g/mol. The minimum atomic E-state index is 0.355. The molecular formula is C30H27N3O. The van der Waals surface area contributed by atoms with Crippen molar-refractivity contribution in [1.82, 2.24) is 14.5 Å². The van der Waals surface area contributed by atoms with Crippen molar-refractivity contribution in [1.29, 1.82) is 0 Å². The predicted octanol–water partition coefficient (Wildman–Crippen LogP) is 8.23. The zero-order chi connectivity index (χ0) is 23.4. The van der Waals surface area contributed by atoms with Crippen LogP contribution < -0.4 is 0 Å². The summed E-state index contributed by atoms with van der Waals surface area (Å²) in [7, 11) is 0. The van der Waals surface area contributed by atoms with E-state index in [4.69, 9.17) is 9.40 Å². The maximum atomic E-state index is 6.17. The molecule has 0 saturated heterocycles. The number of pyridine rings is 1. The number of furan rings is 1. The van der Waals surface area contributed by atoms with Crippen LogP contribution in [0.2, 0.25) is 0 Å². The van der Waals surface area contributed by atoms with E-state index in [2.05, 4.69) is 91.8 Å². The first kappa shape index (κ1) is 20.7. The van der Waals surface area contributed by atoms with E-state index in [1.54, 1.807) is 0 Å². The van der Waals surface area contributed by atoms with Gasteiger partial charge in [-0.2, -0.15) is 0 Å². The highest BCUT2D eigenvalue weighted by Gasteiger charge is 2.25. The van der Waals surface area contributed by atoms with Crippen molar-refractivity contribution in [2.45, 2.75) is 39.5 Å². The first-order valence-corrected chi connectivity index (χ1v) is 11.9. The first-order valence-electron chi connectivity index (χ1n) is 11.9. The highest BCUT2D eigenvalue weighted by Crippen LogP contribution is 2.41. The van der Waals surface area contributed by atoms with Crippen molar-refractivity contribution >= 4 is 33.1 Å². The minimum absolute atomic E-state index is 0.355. The minimum Gasteiger partial charge on any atom is -0.438 e. The van der Waals surface area contributed by atoms with Crippen LogP contribution in [0, 0.1) is 0 Å². The van der Waals surface area contributed by atoms with Crippen LogP contribution in [0.1, 0.15) is 50.7 Å². The van der Waals surface area contributed by atoms with Crippen LogP contribution in [0.4, 0.5) is 0 Å². The van der Waals surface area contributed by atoms with Gasteiger partial charge in [0.15, 0.2) is 0 Å². The average molecular weight is 446 g/mol. The van der Waals surface area contributed by atoms with Crippen molar-refractivity contribution in [3.8, 4) is 17.1 Å². The Morgan fingerprint density at radius 3 is 2.15 bits per heavy atom. The molecule has 34 heavy (non-hydrogen) atoms. The van der Waals surface area contributed by atoms with Gasteiger partial charge in [-0.3, -0.25) is 4.57 Å². The quantitative estimate of drug-likeness (QED) is 0.274. The van der Waals surface area contributed by atoms with Crippen LogP contribution in [0.5, 0.6) is 0 Å². The molecule has 0 unspecified atom stereocenters. The zero-order valence-electron chi connectivity index (χ0n) is 19.9. The lowest BCUT2D eigenvalue weighted by atomic mass is 9.92. The van der Waals surface area contributed by atoms with Gasteiger partial charge in [0.1, 0.15) is 16.9 Å². The molecule has 0 spiro atoms. The number of imidazole rings is 1. The van der Waals surface area contributed by atoms with Crippen LogP contribution in [0.25, 0.3) is 50.2 Å². The van der Waals surface area contributed by atoms with Gasteiger partial charge in [0.05, 0.1) is 22.8 Å². The molecule has 0 saturated carbocycles. The standard InChI is InChI=1S/C30H27N3O/c1-18(2)21-14-10-15-22(19(3)4)27(21)33-28-24(32-29(33)20-11-6-5-7-12-20)17-31-30-26(28)23-13-8-9-16-25(23)34-30/h5-19H,1-4H3. The zero-order valence-corrected chi connectivity index (χ0v) is 19.9. The SMILES string of the molecule is CC(C)c1cccc(C(C)C)c1-n1c(-c2ccccc2)nc2cnc3oc4ccccc4c3c21. The van der Waals surface area contributed by atoms with E-state index in [0.717, 1.165) is 38.8 Å². The van der Waals surface area contributed by atoms with Crippen LogP contribution in [-0.2, 0) is 0 Å². The molecule has 4 nitrogen and oxygen atoms in total. The van der Waals surface area contributed by atoms with Crippen molar-refractivity contribution in [2.75, 3.05) is 0 Å². The Morgan fingerprint density at radius 2 is 1.44 bits per heavy atom. The fraction of sp³-hybridized carbons (Fsp3) is 0.200. The summed E-state index contributed by atoms with van der Waals surface area (Å²) in [5, 5.41) is 2.07. The maximum absolute atomic E-state index is 6.17. The van der Waals surface area contributed by atoms with E-state index >= 15 is 0 Å². The second-order valence-electron chi connectivity index (χ2n) is 9.50. The summed E-state index contributed by atoms with van der Waals surface area (Å²) in [5.41, 5.74) is 8.30. The van der Waals surface area contributed by atoms with Crippen molar-refractivity contribution in [3.05, 3.63) is 90.1 Å². The molecule has 0 bridgehead atoms. The second-order valence-corrected chi connectivity index (χ2v) is 9.50. The Balaban J connectivity index is 1.87. The molecule has 0 aliphatic heterocycles. The normalized spacial score (nSPS) is 12.1. The van der Waals surface area contributed by atoms with Crippen LogP contribution in [0.15, 0.2) is 83.4 Å². The smallest absolute Gasteiger partial charge is 0.229 e. The van der Waals surface area contributed by atoms with Gasteiger partial charge < -0.3 is 4.42 Å².